The average Bonchev–Trinajstić information content (AvgIpc) is 2.97. The summed E-state index contributed by atoms with van der Waals surface area (Å²) >= 11 is 0. The van der Waals surface area contributed by atoms with Gasteiger partial charge in [-0.2, -0.15) is 0 Å². The van der Waals surface area contributed by atoms with Crippen molar-refractivity contribution in [2.75, 3.05) is 6.61 Å². The second kappa shape index (κ2) is 6.43. The number of amides is 1. The predicted molar refractivity (Wildman–Crippen MR) is 93.6 cm³/mol. The van der Waals surface area contributed by atoms with E-state index in [0.717, 1.165) is 0 Å². The molecular formula is C16H18N4O4S. The van der Waals surface area contributed by atoms with Crippen molar-refractivity contribution in [3.05, 3.63) is 36.2 Å². The Labute approximate surface area is 144 Å². The Hall–Kier alpha value is -2.49. The molecule has 5 N–H and O–H groups in total. The fraction of sp³-hybridized carbons (Fsp3) is 0.250. The number of aliphatic hydroxyl groups excluding tert-OH is 1. The van der Waals surface area contributed by atoms with Crippen molar-refractivity contribution in [3.8, 4) is 0 Å². The molecule has 0 saturated heterocycles. The van der Waals surface area contributed by atoms with E-state index in [4.69, 9.17) is 5.73 Å². The summed E-state index contributed by atoms with van der Waals surface area (Å²) in [5.41, 5.74) is 6.57. The molecule has 0 fully saturated rings. The van der Waals surface area contributed by atoms with Crippen LogP contribution >= 0.6 is 0 Å². The number of carbonyl (C=O) groups excluding carboxylic acids is 1. The highest BCUT2D eigenvalue weighted by Crippen LogP contribution is 2.28. The van der Waals surface area contributed by atoms with Crippen LogP contribution in [0.25, 0.3) is 21.8 Å². The molecule has 0 aliphatic carbocycles. The van der Waals surface area contributed by atoms with Crippen LogP contribution in [0.15, 0.2) is 35.4 Å². The quantitative estimate of drug-likeness (QED) is 0.515. The standard InChI is InChI=1S/C16H18N4O4S/c1-2-9(8-21)20-25(23,24)10-3-4-13-12(7-10)11-5-6-18-15(16(17)22)14(11)19-13/h3-7,9,19-21H,2,8H2,1H3,(H2,17,22). The first-order chi connectivity index (χ1) is 11.9. The molecule has 2 heterocycles. The zero-order chi connectivity index (χ0) is 18.2. The second-order valence-corrected chi connectivity index (χ2v) is 7.40. The summed E-state index contributed by atoms with van der Waals surface area (Å²) < 4.78 is 27.5. The number of fused-ring (bicyclic) bond motifs is 3. The van der Waals surface area contributed by atoms with Gasteiger partial charge in [-0.25, -0.2) is 18.1 Å². The van der Waals surface area contributed by atoms with Gasteiger partial charge in [-0.05, 0) is 30.7 Å². The third kappa shape index (κ3) is 3.09. The number of hydrogen-bond donors (Lipinski definition) is 4. The first kappa shape index (κ1) is 17.3. The molecule has 0 saturated carbocycles. The van der Waals surface area contributed by atoms with E-state index in [0.29, 0.717) is 28.2 Å². The lowest BCUT2D eigenvalue weighted by atomic mass is 10.1. The number of benzene rings is 1. The molecule has 1 aromatic carbocycles. The Balaban J connectivity index is 2.16. The van der Waals surface area contributed by atoms with Gasteiger partial charge in [-0.3, -0.25) is 4.79 Å². The normalized spacial score (nSPS) is 13.4. The van der Waals surface area contributed by atoms with E-state index in [1.807, 2.05) is 0 Å². The molecule has 1 atom stereocenters. The SMILES string of the molecule is CCC(CO)NS(=O)(=O)c1ccc2[nH]c3c(C(N)=O)nccc3c2c1. The number of aromatic amines is 1. The number of nitrogens with one attached hydrogen (secondary N) is 2. The summed E-state index contributed by atoms with van der Waals surface area (Å²) in [5, 5.41) is 10.5. The number of nitrogens with two attached hydrogens (primary N) is 1. The van der Waals surface area contributed by atoms with Crippen molar-refractivity contribution >= 4 is 37.7 Å². The summed E-state index contributed by atoms with van der Waals surface area (Å²) in [6.45, 7) is 1.50. The molecule has 0 spiro atoms. The van der Waals surface area contributed by atoms with Crippen molar-refractivity contribution in [3.63, 3.8) is 0 Å². The lowest BCUT2D eigenvalue weighted by Gasteiger charge is -2.14. The van der Waals surface area contributed by atoms with E-state index >= 15 is 0 Å². The van der Waals surface area contributed by atoms with Gasteiger partial charge in [-0.15, -0.1) is 0 Å². The average molecular weight is 362 g/mol. The lowest BCUT2D eigenvalue weighted by Crippen LogP contribution is -2.36. The van der Waals surface area contributed by atoms with Gasteiger partial charge in [0, 0.05) is 28.5 Å². The van der Waals surface area contributed by atoms with E-state index in [1.54, 1.807) is 19.1 Å². The number of aliphatic hydroxyl groups is 1. The van der Waals surface area contributed by atoms with Gasteiger partial charge in [-0.1, -0.05) is 6.92 Å². The number of primary amides is 1. The molecule has 25 heavy (non-hydrogen) atoms. The Morgan fingerprint density at radius 3 is 2.76 bits per heavy atom. The van der Waals surface area contributed by atoms with Crippen molar-refractivity contribution in [1.29, 1.82) is 0 Å². The van der Waals surface area contributed by atoms with Crippen molar-refractivity contribution in [2.45, 2.75) is 24.3 Å². The first-order valence-corrected chi connectivity index (χ1v) is 9.19. The van der Waals surface area contributed by atoms with E-state index < -0.39 is 22.0 Å². The number of carbonyl (C=O) groups is 1. The topological polar surface area (TPSA) is 138 Å². The molecule has 1 amide bonds. The maximum absolute atomic E-state index is 12.5. The van der Waals surface area contributed by atoms with E-state index in [-0.39, 0.29) is 17.2 Å². The van der Waals surface area contributed by atoms with Gasteiger partial charge in [0.15, 0.2) is 5.69 Å². The van der Waals surface area contributed by atoms with Gasteiger partial charge in [0.25, 0.3) is 5.91 Å². The highest BCUT2D eigenvalue weighted by atomic mass is 32.2. The number of H-pyrrole nitrogens is 1. The maximum atomic E-state index is 12.5. The zero-order valence-corrected chi connectivity index (χ0v) is 14.3. The summed E-state index contributed by atoms with van der Waals surface area (Å²) in [6, 6.07) is 5.74. The van der Waals surface area contributed by atoms with Crippen LogP contribution in [0.4, 0.5) is 0 Å². The van der Waals surface area contributed by atoms with Crippen molar-refractivity contribution < 1.29 is 18.3 Å². The third-order valence-corrected chi connectivity index (χ3v) is 5.59. The minimum atomic E-state index is -3.78. The summed E-state index contributed by atoms with van der Waals surface area (Å²) in [6.07, 6.45) is 1.92. The van der Waals surface area contributed by atoms with Crippen LogP contribution in [0.2, 0.25) is 0 Å². The molecule has 3 aromatic rings. The van der Waals surface area contributed by atoms with E-state index in [9.17, 15) is 18.3 Å². The minimum absolute atomic E-state index is 0.0743. The van der Waals surface area contributed by atoms with Gasteiger partial charge in [0.1, 0.15) is 0 Å². The molecule has 0 radical (unpaired) electrons. The highest BCUT2D eigenvalue weighted by Gasteiger charge is 2.20. The minimum Gasteiger partial charge on any atom is -0.395 e. The van der Waals surface area contributed by atoms with Gasteiger partial charge >= 0.3 is 0 Å². The highest BCUT2D eigenvalue weighted by molar-refractivity contribution is 7.89. The molecule has 0 bridgehead atoms. The first-order valence-electron chi connectivity index (χ1n) is 7.70. The zero-order valence-electron chi connectivity index (χ0n) is 13.5. The fourth-order valence-corrected chi connectivity index (χ4v) is 4.03. The summed E-state index contributed by atoms with van der Waals surface area (Å²) in [7, 11) is -3.78. The molecule has 8 nitrogen and oxygen atoms in total. The number of pyridine rings is 1. The number of hydrogen-bond acceptors (Lipinski definition) is 5. The van der Waals surface area contributed by atoms with Crippen LogP contribution in [0.1, 0.15) is 23.8 Å². The Bertz CT molecular complexity index is 1050. The van der Waals surface area contributed by atoms with Crippen LogP contribution in [-0.4, -0.2) is 42.0 Å². The third-order valence-electron chi connectivity index (χ3n) is 4.07. The lowest BCUT2D eigenvalue weighted by molar-refractivity contribution is 0.0997. The van der Waals surface area contributed by atoms with E-state index in [1.165, 1.54) is 18.3 Å². The Kier molecular flexibility index (Phi) is 4.46. The second-order valence-electron chi connectivity index (χ2n) is 5.69. The van der Waals surface area contributed by atoms with Crippen LogP contribution in [0.3, 0.4) is 0 Å². The molecule has 132 valence electrons. The number of rotatable bonds is 6. The van der Waals surface area contributed by atoms with Crippen molar-refractivity contribution in [2.24, 2.45) is 5.73 Å². The number of nitrogens with zero attached hydrogens (tertiary/aromatic N) is 1. The van der Waals surface area contributed by atoms with Crippen LogP contribution in [0.5, 0.6) is 0 Å². The summed E-state index contributed by atoms with van der Waals surface area (Å²) in [4.78, 5) is 18.6. The molecule has 0 aliphatic rings. The van der Waals surface area contributed by atoms with Gasteiger partial charge in [0.05, 0.1) is 17.0 Å². The molecule has 2 aromatic heterocycles. The molecule has 0 aliphatic heterocycles. The number of aromatic nitrogens is 2. The van der Waals surface area contributed by atoms with Crippen molar-refractivity contribution in [1.82, 2.24) is 14.7 Å². The number of sulfonamides is 1. The van der Waals surface area contributed by atoms with E-state index in [2.05, 4.69) is 14.7 Å². The smallest absolute Gasteiger partial charge is 0.269 e. The van der Waals surface area contributed by atoms with Crippen LogP contribution < -0.4 is 10.5 Å². The molecule has 9 heteroatoms. The van der Waals surface area contributed by atoms with Crippen LogP contribution in [-0.2, 0) is 10.0 Å². The largest absolute Gasteiger partial charge is 0.395 e. The van der Waals surface area contributed by atoms with Gasteiger partial charge < -0.3 is 15.8 Å². The molecule has 3 rings (SSSR count). The predicted octanol–water partition coefficient (Wildman–Crippen LogP) is 0.864. The monoisotopic (exact) mass is 362 g/mol. The molecule has 1 unspecified atom stereocenters. The molecular weight excluding hydrogens is 344 g/mol. The maximum Gasteiger partial charge on any atom is 0.269 e. The van der Waals surface area contributed by atoms with Gasteiger partial charge in [0.2, 0.25) is 10.0 Å². The Morgan fingerprint density at radius 2 is 2.12 bits per heavy atom. The van der Waals surface area contributed by atoms with Crippen LogP contribution in [0, 0.1) is 0 Å². The summed E-state index contributed by atoms with van der Waals surface area (Å²) in [5.74, 6) is -0.666. The fourth-order valence-electron chi connectivity index (χ4n) is 2.69. The Morgan fingerprint density at radius 1 is 1.36 bits per heavy atom.